The Bertz CT molecular complexity index is 469. The van der Waals surface area contributed by atoms with E-state index >= 15 is 0 Å². The van der Waals surface area contributed by atoms with Crippen molar-refractivity contribution in [3.63, 3.8) is 0 Å². The molecule has 0 aromatic carbocycles. The predicted octanol–water partition coefficient (Wildman–Crippen LogP) is 0.00990. The summed E-state index contributed by atoms with van der Waals surface area (Å²) < 4.78 is 16.0. The van der Waals surface area contributed by atoms with E-state index in [1.54, 1.807) is 11.8 Å². The van der Waals surface area contributed by atoms with Crippen molar-refractivity contribution >= 4 is 37.3 Å². The second-order valence-electron chi connectivity index (χ2n) is 5.84. The van der Waals surface area contributed by atoms with Gasteiger partial charge >= 0.3 is 0 Å². The smallest absolute Gasteiger partial charge is 0.242 e. The number of thioether (sulfide) groups is 1. The lowest BCUT2D eigenvalue weighted by molar-refractivity contribution is -0.139. The number of rotatable bonds is 16. The number of imide groups is 1. The highest BCUT2D eigenvalue weighted by atomic mass is 32.2. The van der Waals surface area contributed by atoms with Gasteiger partial charge in [-0.15, -0.1) is 11.8 Å². The zero-order chi connectivity index (χ0) is 19.9. The van der Waals surface area contributed by atoms with Crippen LogP contribution in [0, 0.1) is 0 Å². The summed E-state index contributed by atoms with van der Waals surface area (Å²) in [5.41, 5.74) is 0. The number of hydrogen-bond donors (Lipinski definition) is 1. The Balaban J connectivity index is 1.93. The summed E-state index contributed by atoms with van der Waals surface area (Å²) in [6.45, 7) is 5.12. The van der Waals surface area contributed by atoms with Crippen molar-refractivity contribution in [2.45, 2.75) is 31.3 Å². The monoisotopic (exact) mass is 400 g/mol. The van der Waals surface area contributed by atoms with Gasteiger partial charge in [-0.05, 0) is 18.5 Å². The average molecular weight is 400 g/mol. The Morgan fingerprint density at radius 3 is 2.41 bits per heavy atom. The summed E-state index contributed by atoms with van der Waals surface area (Å²) in [7, 11) is 5.15. The topological polar surface area (TPSA) is 94.2 Å². The Kier molecular flexibility index (Phi) is 13.2. The van der Waals surface area contributed by atoms with E-state index in [1.807, 2.05) is 0 Å². The first kappa shape index (κ1) is 23.9. The van der Waals surface area contributed by atoms with Crippen LogP contribution in [0.3, 0.4) is 0 Å². The van der Waals surface area contributed by atoms with Crippen LogP contribution < -0.4 is 5.32 Å². The maximum atomic E-state index is 12.2. The van der Waals surface area contributed by atoms with Gasteiger partial charge in [-0.1, -0.05) is 6.92 Å². The standard InChI is InChI=1S/C17H29BN2O6S/c1-2-11-27-14-12-16(22)20(17(14)23)4-6-25-8-10-26-9-7-24-5-3-19-15(21)13-18/h14H,2-13H2,1H3,(H,19,21). The normalized spacial score (nSPS) is 16.9. The van der Waals surface area contributed by atoms with Gasteiger partial charge < -0.3 is 19.5 Å². The third-order valence-corrected chi connectivity index (χ3v) is 5.10. The fourth-order valence-corrected chi connectivity index (χ4v) is 3.36. The van der Waals surface area contributed by atoms with E-state index in [1.165, 1.54) is 4.90 Å². The van der Waals surface area contributed by atoms with Crippen LogP contribution in [0.1, 0.15) is 19.8 Å². The number of hydrogen-bond acceptors (Lipinski definition) is 7. The highest BCUT2D eigenvalue weighted by Gasteiger charge is 2.38. The molecule has 2 radical (unpaired) electrons. The quantitative estimate of drug-likeness (QED) is 0.222. The van der Waals surface area contributed by atoms with Gasteiger partial charge in [-0.3, -0.25) is 19.3 Å². The molecule has 1 aliphatic heterocycles. The van der Waals surface area contributed by atoms with Crippen molar-refractivity contribution in [1.29, 1.82) is 0 Å². The molecule has 1 N–H and O–H groups in total. The Hall–Kier alpha value is -1.10. The van der Waals surface area contributed by atoms with E-state index in [2.05, 4.69) is 12.2 Å². The van der Waals surface area contributed by atoms with E-state index in [9.17, 15) is 14.4 Å². The van der Waals surface area contributed by atoms with Crippen molar-refractivity contribution in [2.24, 2.45) is 0 Å². The van der Waals surface area contributed by atoms with E-state index in [-0.39, 0.29) is 29.3 Å². The SMILES string of the molecule is [B]CC(=O)NCCOCCOCCOCCN1C(=O)CC(SCCC)C1=O. The Morgan fingerprint density at radius 1 is 1.15 bits per heavy atom. The molecule has 1 aliphatic rings. The Labute approximate surface area is 166 Å². The molecule has 0 aliphatic carbocycles. The molecular formula is C17H29BN2O6S. The lowest BCUT2D eigenvalue weighted by Crippen LogP contribution is -2.34. The van der Waals surface area contributed by atoms with E-state index in [0.29, 0.717) is 59.2 Å². The van der Waals surface area contributed by atoms with Gasteiger partial charge in [-0.2, -0.15) is 0 Å². The first-order valence-electron chi connectivity index (χ1n) is 9.26. The maximum absolute atomic E-state index is 12.2. The fourth-order valence-electron chi connectivity index (χ4n) is 2.31. The van der Waals surface area contributed by atoms with Crippen LogP contribution in [0.25, 0.3) is 0 Å². The summed E-state index contributed by atoms with van der Waals surface area (Å²) in [5.74, 6) is 0.461. The molecule has 0 bridgehead atoms. The van der Waals surface area contributed by atoms with Crippen molar-refractivity contribution in [3.8, 4) is 0 Å². The number of amides is 3. The summed E-state index contributed by atoms with van der Waals surface area (Å²) in [4.78, 5) is 36.2. The van der Waals surface area contributed by atoms with E-state index in [0.717, 1.165) is 12.2 Å². The number of ether oxygens (including phenoxy) is 3. The predicted molar refractivity (Wildman–Crippen MR) is 104 cm³/mol. The van der Waals surface area contributed by atoms with Crippen LogP contribution >= 0.6 is 11.8 Å². The van der Waals surface area contributed by atoms with Gasteiger partial charge in [0.15, 0.2) is 0 Å². The third-order valence-electron chi connectivity index (χ3n) is 3.68. The van der Waals surface area contributed by atoms with Crippen molar-refractivity contribution < 1.29 is 28.6 Å². The largest absolute Gasteiger partial charge is 0.377 e. The molecule has 1 fully saturated rings. The van der Waals surface area contributed by atoms with Crippen molar-refractivity contribution in [1.82, 2.24) is 10.2 Å². The van der Waals surface area contributed by atoms with Crippen molar-refractivity contribution in [2.75, 3.05) is 58.5 Å². The molecule has 3 amide bonds. The molecule has 0 saturated carbocycles. The Morgan fingerprint density at radius 2 is 1.78 bits per heavy atom. The summed E-state index contributed by atoms with van der Waals surface area (Å²) in [5, 5.41) is 2.36. The van der Waals surface area contributed by atoms with Gasteiger partial charge in [0.05, 0.1) is 59.3 Å². The molecule has 0 aromatic rings. The minimum absolute atomic E-state index is 0.0262. The molecule has 1 heterocycles. The van der Waals surface area contributed by atoms with Crippen LogP contribution in [-0.2, 0) is 28.6 Å². The first-order valence-corrected chi connectivity index (χ1v) is 10.3. The van der Waals surface area contributed by atoms with Gasteiger partial charge in [0.25, 0.3) is 0 Å². The maximum Gasteiger partial charge on any atom is 0.242 e. The number of carbonyl (C=O) groups excluding carboxylic acids is 3. The van der Waals surface area contributed by atoms with E-state index < -0.39 is 0 Å². The van der Waals surface area contributed by atoms with Gasteiger partial charge in [0.2, 0.25) is 17.7 Å². The fraction of sp³-hybridized carbons (Fsp3) is 0.824. The van der Waals surface area contributed by atoms with Crippen LogP contribution in [0.4, 0.5) is 0 Å². The minimum atomic E-state index is -0.232. The zero-order valence-corrected chi connectivity index (χ0v) is 16.8. The molecule has 27 heavy (non-hydrogen) atoms. The highest BCUT2D eigenvalue weighted by Crippen LogP contribution is 2.25. The summed E-state index contributed by atoms with van der Waals surface area (Å²) in [6.07, 6.45) is 1.26. The van der Waals surface area contributed by atoms with E-state index in [4.69, 9.17) is 22.1 Å². The van der Waals surface area contributed by atoms with Crippen LogP contribution in [-0.4, -0.2) is 94.2 Å². The average Bonchev–Trinajstić information content (AvgIpc) is 2.94. The number of carbonyl (C=O) groups is 3. The molecule has 152 valence electrons. The molecule has 0 spiro atoms. The summed E-state index contributed by atoms with van der Waals surface area (Å²) >= 11 is 1.55. The lowest BCUT2D eigenvalue weighted by atomic mass is 10.1. The van der Waals surface area contributed by atoms with Gasteiger partial charge in [0, 0.05) is 13.0 Å². The first-order chi connectivity index (χ1) is 13.1. The molecule has 1 saturated heterocycles. The number of likely N-dealkylation sites (tertiary alicyclic amines) is 1. The van der Waals surface area contributed by atoms with Gasteiger partial charge in [-0.25, -0.2) is 0 Å². The molecule has 1 rings (SSSR count). The third kappa shape index (κ3) is 10.1. The zero-order valence-electron chi connectivity index (χ0n) is 15.9. The summed E-state index contributed by atoms with van der Waals surface area (Å²) in [6, 6.07) is 0. The molecule has 1 unspecified atom stereocenters. The second kappa shape index (κ2) is 14.9. The lowest BCUT2D eigenvalue weighted by Gasteiger charge is -2.15. The van der Waals surface area contributed by atoms with Crippen molar-refractivity contribution in [3.05, 3.63) is 0 Å². The molecular weight excluding hydrogens is 371 g/mol. The van der Waals surface area contributed by atoms with Gasteiger partial charge in [0.1, 0.15) is 0 Å². The number of nitrogens with zero attached hydrogens (tertiary/aromatic N) is 1. The minimum Gasteiger partial charge on any atom is -0.377 e. The number of nitrogens with one attached hydrogen (secondary N) is 1. The van der Waals surface area contributed by atoms with Crippen LogP contribution in [0.15, 0.2) is 0 Å². The molecule has 10 heteroatoms. The van der Waals surface area contributed by atoms with Crippen LogP contribution in [0.5, 0.6) is 0 Å². The molecule has 0 aromatic heterocycles. The van der Waals surface area contributed by atoms with Crippen LogP contribution in [0.2, 0.25) is 6.32 Å². The second-order valence-corrected chi connectivity index (χ2v) is 7.15. The highest BCUT2D eigenvalue weighted by molar-refractivity contribution is 8.00. The molecule has 1 atom stereocenters. The molecule has 8 nitrogen and oxygen atoms in total.